The Morgan fingerprint density at radius 1 is 1.06 bits per heavy atom. The zero-order valence-corrected chi connectivity index (χ0v) is 20.6. The Balaban J connectivity index is 1.84. The van der Waals surface area contributed by atoms with E-state index in [1.165, 1.54) is 0 Å². The van der Waals surface area contributed by atoms with Crippen LogP contribution >= 0.6 is 11.6 Å². The van der Waals surface area contributed by atoms with Crippen LogP contribution in [0.4, 0.5) is 5.82 Å². The van der Waals surface area contributed by atoms with Gasteiger partial charge in [0.05, 0.1) is 11.4 Å². The van der Waals surface area contributed by atoms with Crippen molar-refractivity contribution >= 4 is 29.2 Å². The van der Waals surface area contributed by atoms with Crippen LogP contribution in [0.5, 0.6) is 0 Å². The molecule has 0 atom stereocenters. The lowest BCUT2D eigenvalue weighted by Gasteiger charge is -2.24. The van der Waals surface area contributed by atoms with Crippen molar-refractivity contribution in [1.29, 1.82) is 0 Å². The van der Waals surface area contributed by atoms with Crippen molar-refractivity contribution < 1.29 is 9.59 Å². The molecule has 3 aromatic rings. The van der Waals surface area contributed by atoms with Gasteiger partial charge in [-0.15, -0.1) is 0 Å². The van der Waals surface area contributed by atoms with Gasteiger partial charge in [0, 0.05) is 28.6 Å². The average Bonchev–Trinajstić information content (AvgIpc) is 3.18. The zero-order chi connectivity index (χ0) is 24.2. The van der Waals surface area contributed by atoms with E-state index < -0.39 is 0 Å². The Morgan fingerprint density at radius 2 is 1.70 bits per heavy atom. The predicted molar refractivity (Wildman–Crippen MR) is 133 cm³/mol. The highest BCUT2D eigenvalue weighted by atomic mass is 35.5. The second kappa shape index (κ2) is 10.2. The zero-order valence-electron chi connectivity index (χ0n) is 19.8. The van der Waals surface area contributed by atoms with Crippen molar-refractivity contribution in [3.8, 4) is 5.69 Å². The molecule has 0 aliphatic carbocycles. The van der Waals surface area contributed by atoms with Crippen molar-refractivity contribution in [1.82, 2.24) is 14.7 Å². The summed E-state index contributed by atoms with van der Waals surface area (Å²) < 4.78 is 1.73. The Kier molecular flexibility index (Phi) is 7.59. The van der Waals surface area contributed by atoms with E-state index >= 15 is 0 Å². The third-order valence-corrected chi connectivity index (χ3v) is 5.30. The van der Waals surface area contributed by atoms with Crippen molar-refractivity contribution in [3.63, 3.8) is 0 Å². The van der Waals surface area contributed by atoms with Crippen molar-refractivity contribution in [2.75, 3.05) is 18.4 Å². The smallest absolute Gasteiger partial charge is 0.254 e. The van der Waals surface area contributed by atoms with Crippen LogP contribution in [-0.4, -0.2) is 39.6 Å². The second-order valence-electron chi connectivity index (χ2n) is 9.55. The van der Waals surface area contributed by atoms with E-state index in [-0.39, 0.29) is 29.7 Å². The quantitative estimate of drug-likeness (QED) is 0.495. The summed E-state index contributed by atoms with van der Waals surface area (Å²) in [5, 5.41) is 8.26. The minimum Gasteiger partial charge on any atom is -0.329 e. The van der Waals surface area contributed by atoms with E-state index in [0.29, 0.717) is 22.9 Å². The molecule has 1 aromatic heterocycles. The summed E-state index contributed by atoms with van der Waals surface area (Å²) in [5.74, 6) is 0.286. The number of hydrogen-bond acceptors (Lipinski definition) is 3. The maximum atomic E-state index is 13.1. The number of aromatic nitrogens is 2. The summed E-state index contributed by atoms with van der Waals surface area (Å²) >= 11 is 5.96. The number of carbonyl (C=O) groups is 2. The number of nitrogens with one attached hydrogen (secondary N) is 1. The largest absolute Gasteiger partial charge is 0.329 e. The molecule has 1 N–H and O–H groups in total. The number of anilines is 1. The SMILES string of the molecule is CC(C)CN(CC(=O)Nc1cc(C(C)(C)C)nn1-c1ccccc1)C(=O)c1ccc(Cl)cc1. The number of rotatable bonds is 7. The van der Waals surface area contributed by atoms with E-state index in [1.54, 1.807) is 33.8 Å². The predicted octanol–water partition coefficient (Wildman–Crippen LogP) is 5.56. The van der Waals surface area contributed by atoms with E-state index in [2.05, 4.69) is 26.1 Å². The number of amides is 2. The number of nitrogens with zero attached hydrogens (tertiary/aromatic N) is 3. The fourth-order valence-electron chi connectivity index (χ4n) is 3.39. The Bertz CT molecular complexity index is 1100. The molecule has 0 spiro atoms. The van der Waals surface area contributed by atoms with Crippen LogP contribution in [0, 0.1) is 5.92 Å². The number of hydrogen-bond donors (Lipinski definition) is 1. The lowest BCUT2D eigenvalue weighted by Crippen LogP contribution is -2.40. The van der Waals surface area contributed by atoms with E-state index in [4.69, 9.17) is 16.7 Å². The van der Waals surface area contributed by atoms with Crippen LogP contribution in [0.1, 0.15) is 50.7 Å². The molecular weight excluding hydrogens is 436 g/mol. The topological polar surface area (TPSA) is 67.2 Å². The van der Waals surface area contributed by atoms with Crippen LogP contribution in [0.25, 0.3) is 5.69 Å². The Labute approximate surface area is 200 Å². The third-order valence-electron chi connectivity index (χ3n) is 5.04. The first-order valence-electron chi connectivity index (χ1n) is 11.1. The molecular formula is C26H31ClN4O2. The maximum Gasteiger partial charge on any atom is 0.254 e. The molecule has 0 fully saturated rings. The molecule has 6 nitrogen and oxygen atoms in total. The Hall–Kier alpha value is -3.12. The minimum atomic E-state index is -0.282. The van der Waals surface area contributed by atoms with Gasteiger partial charge in [-0.1, -0.05) is 64.4 Å². The van der Waals surface area contributed by atoms with E-state index in [1.807, 2.05) is 50.2 Å². The summed E-state index contributed by atoms with van der Waals surface area (Å²) in [7, 11) is 0. The van der Waals surface area contributed by atoms with Crippen LogP contribution in [-0.2, 0) is 10.2 Å². The molecule has 1 heterocycles. The number of carbonyl (C=O) groups excluding carboxylic acids is 2. The summed E-state index contributed by atoms with van der Waals surface area (Å²) in [4.78, 5) is 27.7. The molecule has 0 aliphatic heterocycles. The molecule has 0 unspecified atom stereocenters. The van der Waals surface area contributed by atoms with Gasteiger partial charge in [0.25, 0.3) is 5.91 Å². The van der Waals surface area contributed by atoms with Gasteiger partial charge in [0.15, 0.2) is 0 Å². The average molecular weight is 467 g/mol. The third kappa shape index (κ3) is 6.45. The first-order valence-corrected chi connectivity index (χ1v) is 11.4. The molecule has 0 saturated heterocycles. The van der Waals surface area contributed by atoms with Gasteiger partial charge in [-0.05, 0) is 42.3 Å². The van der Waals surface area contributed by atoms with Gasteiger partial charge in [-0.3, -0.25) is 9.59 Å². The first-order chi connectivity index (χ1) is 15.5. The monoisotopic (exact) mass is 466 g/mol. The summed E-state index contributed by atoms with van der Waals surface area (Å²) in [6, 6.07) is 18.2. The molecule has 3 rings (SSSR count). The van der Waals surface area contributed by atoms with Crippen molar-refractivity contribution in [2.45, 2.75) is 40.0 Å². The summed E-state index contributed by atoms with van der Waals surface area (Å²) in [6.07, 6.45) is 0. The molecule has 0 radical (unpaired) electrons. The summed E-state index contributed by atoms with van der Waals surface area (Å²) in [6.45, 7) is 10.6. The van der Waals surface area contributed by atoms with Gasteiger partial charge in [-0.25, -0.2) is 4.68 Å². The minimum absolute atomic E-state index is 0.0650. The lowest BCUT2D eigenvalue weighted by molar-refractivity contribution is -0.117. The van der Waals surface area contributed by atoms with Gasteiger partial charge in [0.1, 0.15) is 12.4 Å². The second-order valence-corrected chi connectivity index (χ2v) is 9.98. The van der Waals surface area contributed by atoms with Crippen molar-refractivity contribution in [3.05, 3.63) is 76.9 Å². The van der Waals surface area contributed by atoms with Gasteiger partial charge >= 0.3 is 0 Å². The number of halogens is 1. The molecule has 0 saturated carbocycles. The van der Waals surface area contributed by atoms with Crippen LogP contribution in [0.2, 0.25) is 5.02 Å². The molecule has 7 heteroatoms. The molecule has 174 valence electrons. The highest BCUT2D eigenvalue weighted by Gasteiger charge is 2.24. The normalized spacial score (nSPS) is 11.5. The summed E-state index contributed by atoms with van der Waals surface area (Å²) in [5.41, 5.74) is 2.02. The van der Waals surface area contributed by atoms with Gasteiger partial charge < -0.3 is 10.2 Å². The van der Waals surface area contributed by atoms with Crippen LogP contribution in [0.15, 0.2) is 60.7 Å². The highest BCUT2D eigenvalue weighted by Crippen LogP contribution is 2.26. The number of para-hydroxylation sites is 1. The van der Waals surface area contributed by atoms with Crippen molar-refractivity contribution in [2.24, 2.45) is 5.92 Å². The van der Waals surface area contributed by atoms with E-state index in [9.17, 15) is 9.59 Å². The van der Waals surface area contributed by atoms with Gasteiger partial charge in [-0.2, -0.15) is 5.10 Å². The van der Waals surface area contributed by atoms with Crippen LogP contribution < -0.4 is 5.32 Å². The molecule has 0 bridgehead atoms. The fraction of sp³-hybridized carbons (Fsp3) is 0.346. The highest BCUT2D eigenvalue weighted by molar-refractivity contribution is 6.30. The van der Waals surface area contributed by atoms with Gasteiger partial charge in [0.2, 0.25) is 5.91 Å². The lowest BCUT2D eigenvalue weighted by atomic mass is 9.92. The first kappa shape index (κ1) is 24.5. The standard InChI is InChI=1S/C26H31ClN4O2/c1-18(2)16-30(25(33)19-11-13-20(27)14-12-19)17-24(32)28-23-15-22(26(3,4)5)29-31(23)21-9-7-6-8-10-21/h6-15,18H,16-17H2,1-5H3,(H,28,32). The number of benzene rings is 2. The van der Waals surface area contributed by atoms with E-state index in [0.717, 1.165) is 11.4 Å². The fourth-order valence-corrected chi connectivity index (χ4v) is 3.52. The maximum absolute atomic E-state index is 13.1. The Morgan fingerprint density at radius 3 is 2.27 bits per heavy atom. The molecule has 33 heavy (non-hydrogen) atoms. The molecule has 2 amide bonds. The van der Waals surface area contributed by atoms with Crippen LogP contribution in [0.3, 0.4) is 0 Å². The molecule has 2 aromatic carbocycles. The molecule has 0 aliphatic rings.